The van der Waals surface area contributed by atoms with Crippen LogP contribution in [-0.4, -0.2) is 36.3 Å². The van der Waals surface area contributed by atoms with Crippen molar-refractivity contribution in [2.75, 3.05) is 18.4 Å². The summed E-state index contributed by atoms with van der Waals surface area (Å²) < 4.78 is 34.3. The van der Waals surface area contributed by atoms with Gasteiger partial charge in [-0.3, -0.25) is 9.36 Å². The lowest BCUT2D eigenvalue weighted by atomic mass is 9.94. The largest absolute Gasteiger partial charge is 0.420 e. The second-order valence-corrected chi connectivity index (χ2v) is 11.2. The van der Waals surface area contributed by atoms with Gasteiger partial charge in [-0.05, 0) is 55.0 Å². The van der Waals surface area contributed by atoms with Crippen LogP contribution in [-0.2, 0) is 21.4 Å². The van der Waals surface area contributed by atoms with Gasteiger partial charge in [0, 0.05) is 19.2 Å². The van der Waals surface area contributed by atoms with Gasteiger partial charge in [0.05, 0.1) is 21.1 Å². The number of oxazole rings is 1. The average molecular weight is 492 g/mol. The number of rotatable bonds is 5. The van der Waals surface area contributed by atoms with Crippen molar-refractivity contribution in [3.8, 4) is 0 Å². The first-order chi connectivity index (χ1) is 15.5. The van der Waals surface area contributed by atoms with Crippen LogP contribution in [0.5, 0.6) is 0 Å². The molecule has 2 heterocycles. The van der Waals surface area contributed by atoms with Crippen LogP contribution in [0.2, 0.25) is 5.02 Å². The molecule has 2 aromatic carbocycles. The molecular weight excluding hydrogens is 466 g/mol. The zero-order valence-corrected chi connectivity index (χ0v) is 20.2. The number of nitrogens with one attached hydrogen (secondary N) is 1. The number of anilines is 1. The number of sulfonamides is 1. The van der Waals surface area contributed by atoms with Crippen molar-refractivity contribution >= 4 is 44.3 Å². The van der Waals surface area contributed by atoms with Gasteiger partial charge < -0.3 is 9.73 Å². The van der Waals surface area contributed by atoms with Crippen LogP contribution in [0.15, 0.2) is 50.5 Å². The summed E-state index contributed by atoms with van der Waals surface area (Å²) in [4.78, 5) is 25.0. The highest BCUT2D eigenvalue weighted by Crippen LogP contribution is 2.28. The quantitative estimate of drug-likeness (QED) is 0.584. The Morgan fingerprint density at radius 2 is 1.85 bits per heavy atom. The van der Waals surface area contributed by atoms with Crippen LogP contribution in [0.25, 0.3) is 11.1 Å². The highest BCUT2D eigenvalue weighted by Gasteiger charge is 2.32. The molecule has 0 radical (unpaired) electrons. The van der Waals surface area contributed by atoms with Gasteiger partial charge in [-0.15, -0.1) is 0 Å². The summed E-state index contributed by atoms with van der Waals surface area (Å²) in [6.45, 7) is 6.57. The van der Waals surface area contributed by atoms with E-state index in [2.05, 4.69) is 5.32 Å². The first kappa shape index (κ1) is 23.5. The third-order valence-corrected chi connectivity index (χ3v) is 7.95. The standard InChI is InChI=1S/C23H26ClN3O5S/c1-14-4-6-19(18(24)9-14)25-22(28)13-27-20-7-5-17(10-21(20)32-23(27)29)33(30,31)26-11-15(2)8-16(3)12-26/h4-7,9-10,15-16H,8,11-13H2,1-3H3,(H,25,28)/t15-,16+. The Hall–Kier alpha value is -2.62. The van der Waals surface area contributed by atoms with Crippen molar-refractivity contribution < 1.29 is 17.6 Å². The van der Waals surface area contributed by atoms with E-state index in [-0.39, 0.29) is 28.9 Å². The summed E-state index contributed by atoms with van der Waals surface area (Å²) in [6, 6.07) is 9.51. The molecule has 1 N–H and O–H groups in total. The number of hydrogen-bond donors (Lipinski definition) is 1. The summed E-state index contributed by atoms with van der Waals surface area (Å²) in [5, 5.41) is 3.07. The number of hydrogen-bond acceptors (Lipinski definition) is 5. The normalized spacial score (nSPS) is 19.6. The smallest absolute Gasteiger partial charge is 0.408 e. The van der Waals surface area contributed by atoms with E-state index in [1.54, 1.807) is 12.1 Å². The van der Waals surface area contributed by atoms with Gasteiger partial charge in [-0.25, -0.2) is 13.2 Å². The first-order valence-electron chi connectivity index (χ1n) is 10.7. The molecule has 1 aliphatic heterocycles. The van der Waals surface area contributed by atoms with Gasteiger partial charge in [0.25, 0.3) is 0 Å². The summed E-state index contributed by atoms with van der Waals surface area (Å²) in [7, 11) is -3.73. The summed E-state index contributed by atoms with van der Waals surface area (Å²) in [6.07, 6.45) is 0.985. The van der Waals surface area contributed by atoms with E-state index in [0.717, 1.165) is 16.6 Å². The molecule has 0 bridgehead atoms. The minimum atomic E-state index is -3.73. The lowest BCUT2D eigenvalue weighted by Gasteiger charge is -2.34. The fourth-order valence-corrected chi connectivity index (χ4v) is 6.34. The third-order valence-electron chi connectivity index (χ3n) is 5.81. The van der Waals surface area contributed by atoms with Crippen LogP contribution in [0.3, 0.4) is 0 Å². The second-order valence-electron chi connectivity index (χ2n) is 8.88. The van der Waals surface area contributed by atoms with Gasteiger partial charge in [-0.1, -0.05) is 31.5 Å². The van der Waals surface area contributed by atoms with Crippen molar-refractivity contribution in [1.82, 2.24) is 8.87 Å². The predicted molar refractivity (Wildman–Crippen MR) is 127 cm³/mol. The zero-order chi connectivity index (χ0) is 23.9. The predicted octanol–water partition coefficient (Wildman–Crippen LogP) is 3.86. The maximum atomic E-state index is 13.2. The zero-order valence-electron chi connectivity index (χ0n) is 18.7. The summed E-state index contributed by atoms with van der Waals surface area (Å²) in [5.74, 6) is -0.665. The molecule has 2 atom stereocenters. The molecule has 0 aliphatic carbocycles. The Labute approximate surface area is 197 Å². The maximum Gasteiger partial charge on any atom is 0.420 e. The van der Waals surface area contributed by atoms with Crippen molar-refractivity contribution in [2.24, 2.45) is 11.8 Å². The van der Waals surface area contributed by atoms with E-state index < -0.39 is 21.7 Å². The second kappa shape index (κ2) is 8.96. The Morgan fingerprint density at radius 3 is 2.52 bits per heavy atom. The molecule has 8 nitrogen and oxygen atoms in total. The number of nitrogens with zero attached hydrogens (tertiary/aromatic N) is 2. The molecule has 1 aromatic heterocycles. The first-order valence-corrected chi connectivity index (χ1v) is 12.6. The van der Waals surface area contributed by atoms with E-state index in [4.69, 9.17) is 16.0 Å². The van der Waals surface area contributed by atoms with Gasteiger partial charge >= 0.3 is 5.76 Å². The summed E-state index contributed by atoms with van der Waals surface area (Å²) >= 11 is 6.16. The molecular formula is C23H26ClN3O5S. The van der Waals surface area contributed by atoms with Gasteiger partial charge in [0.1, 0.15) is 6.54 Å². The Kier molecular flexibility index (Phi) is 6.39. The van der Waals surface area contributed by atoms with Crippen LogP contribution in [0.1, 0.15) is 25.8 Å². The van der Waals surface area contributed by atoms with Crippen molar-refractivity contribution in [1.29, 1.82) is 0 Å². The number of amides is 1. The van der Waals surface area contributed by atoms with E-state index >= 15 is 0 Å². The fourth-order valence-electron chi connectivity index (χ4n) is 4.36. The Bertz CT molecular complexity index is 1370. The SMILES string of the molecule is Cc1ccc(NC(=O)Cn2c(=O)oc3cc(S(=O)(=O)N4C[C@H](C)C[C@H](C)C4)ccc32)c(Cl)c1. The Balaban J connectivity index is 1.59. The molecule has 0 spiro atoms. The van der Waals surface area contributed by atoms with E-state index in [1.807, 2.05) is 26.8 Å². The minimum Gasteiger partial charge on any atom is -0.408 e. The number of benzene rings is 2. The molecule has 176 valence electrons. The highest BCUT2D eigenvalue weighted by molar-refractivity contribution is 7.89. The monoisotopic (exact) mass is 491 g/mol. The van der Waals surface area contributed by atoms with E-state index in [1.165, 1.54) is 22.5 Å². The minimum absolute atomic E-state index is 0.0630. The molecule has 1 fully saturated rings. The van der Waals surface area contributed by atoms with Crippen molar-refractivity contribution in [3.63, 3.8) is 0 Å². The van der Waals surface area contributed by atoms with Crippen LogP contribution >= 0.6 is 11.6 Å². The fraction of sp³-hybridized carbons (Fsp3) is 0.391. The van der Waals surface area contributed by atoms with Gasteiger partial charge in [0.2, 0.25) is 15.9 Å². The van der Waals surface area contributed by atoms with Crippen LogP contribution in [0, 0.1) is 18.8 Å². The van der Waals surface area contributed by atoms with Crippen LogP contribution in [0.4, 0.5) is 5.69 Å². The molecule has 10 heteroatoms. The number of fused-ring (bicyclic) bond motifs is 1. The number of aryl methyl sites for hydroxylation is 1. The molecule has 3 aromatic rings. The number of piperidine rings is 1. The molecule has 1 aliphatic rings. The Morgan fingerprint density at radius 1 is 1.15 bits per heavy atom. The van der Waals surface area contributed by atoms with Gasteiger partial charge in [0.15, 0.2) is 5.58 Å². The molecule has 33 heavy (non-hydrogen) atoms. The number of carbonyl (C=O) groups excluding carboxylic acids is 1. The number of halogens is 1. The third kappa shape index (κ3) is 4.85. The average Bonchev–Trinajstić information content (AvgIpc) is 3.03. The lowest BCUT2D eigenvalue weighted by molar-refractivity contribution is -0.116. The van der Waals surface area contributed by atoms with E-state index in [0.29, 0.717) is 29.3 Å². The maximum absolute atomic E-state index is 13.2. The van der Waals surface area contributed by atoms with Crippen molar-refractivity contribution in [3.05, 3.63) is 57.5 Å². The summed E-state index contributed by atoms with van der Waals surface area (Å²) in [5.41, 5.74) is 1.84. The number of aromatic nitrogens is 1. The van der Waals surface area contributed by atoms with Gasteiger partial charge in [-0.2, -0.15) is 4.31 Å². The highest BCUT2D eigenvalue weighted by atomic mass is 35.5. The van der Waals surface area contributed by atoms with Crippen LogP contribution < -0.4 is 11.1 Å². The van der Waals surface area contributed by atoms with Crippen molar-refractivity contribution in [2.45, 2.75) is 38.6 Å². The molecule has 1 amide bonds. The topological polar surface area (TPSA) is 102 Å². The molecule has 0 saturated carbocycles. The molecule has 1 saturated heterocycles. The number of carbonyl (C=O) groups is 1. The molecule has 0 unspecified atom stereocenters. The molecule has 4 rings (SSSR count). The lowest BCUT2D eigenvalue weighted by Crippen LogP contribution is -2.42. The van der Waals surface area contributed by atoms with E-state index in [9.17, 15) is 18.0 Å².